The number of benzene rings is 2. The van der Waals surface area contributed by atoms with E-state index in [0.29, 0.717) is 5.56 Å². The number of carbonyl (C=O) groups excluding carboxylic acids is 1. The number of carboxylic acid groups (broad SMARTS) is 2. The van der Waals surface area contributed by atoms with Crippen LogP contribution in [0.1, 0.15) is 10.4 Å². The third-order valence-electron chi connectivity index (χ3n) is 4.47. The summed E-state index contributed by atoms with van der Waals surface area (Å²) in [7, 11) is 0. The summed E-state index contributed by atoms with van der Waals surface area (Å²) in [5.74, 6) is -3.16. The van der Waals surface area contributed by atoms with Crippen molar-refractivity contribution in [2.75, 3.05) is 13.1 Å². The van der Waals surface area contributed by atoms with Crippen molar-refractivity contribution in [1.29, 1.82) is 0 Å². The average Bonchev–Trinajstić information content (AvgIpc) is 2.67. The quantitative estimate of drug-likeness (QED) is 0.682. The molecule has 1 amide bonds. The Kier molecular flexibility index (Phi) is 5.57. The maximum atomic E-state index is 12.8. The third-order valence-corrected chi connectivity index (χ3v) is 5.16. The van der Waals surface area contributed by atoms with Gasteiger partial charge in [0.05, 0.1) is 0 Å². The Bertz CT molecular complexity index is 884. The first kappa shape index (κ1) is 19.1. The fourth-order valence-corrected chi connectivity index (χ4v) is 3.66. The number of hydrogen-bond acceptors (Lipinski definition) is 4. The van der Waals surface area contributed by atoms with E-state index in [2.05, 4.69) is 21.2 Å². The number of nitrogens with zero attached hydrogens (tertiary/aromatic N) is 1. The minimum atomic E-state index is -1.47. The zero-order valence-electron chi connectivity index (χ0n) is 14.1. The van der Waals surface area contributed by atoms with Crippen molar-refractivity contribution in [3.8, 4) is 11.1 Å². The number of carbonyl (C=O) groups is 3. The van der Waals surface area contributed by atoms with E-state index in [-0.39, 0.29) is 13.1 Å². The Labute approximate surface area is 163 Å². The summed E-state index contributed by atoms with van der Waals surface area (Å²) in [5, 5.41) is 21.3. The van der Waals surface area contributed by atoms with Crippen LogP contribution in [0.4, 0.5) is 0 Å². The van der Waals surface area contributed by atoms with E-state index in [4.69, 9.17) is 0 Å². The number of halogens is 1. The topological polar surface area (TPSA) is 107 Å². The van der Waals surface area contributed by atoms with Crippen LogP contribution in [0.2, 0.25) is 0 Å². The Morgan fingerprint density at radius 1 is 1.00 bits per heavy atom. The largest absolute Gasteiger partial charge is 0.480 e. The molecule has 2 atom stereocenters. The average molecular weight is 433 g/mol. The normalized spacial score (nSPS) is 19.5. The molecule has 0 bridgehead atoms. The fraction of sp³-hybridized carbons (Fsp3) is 0.211. The first-order chi connectivity index (χ1) is 12.9. The van der Waals surface area contributed by atoms with Crippen LogP contribution in [-0.2, 0) is 9.59 Å². The zero-order chi connectivity index (χ0) is 19.6. The maximum absolute atomic E-state index is 12.8. The highest BCUT2D eigenvalue weighted by Crippen LogP contribution is 2.28. The minimum absolute atomic E-state index is 0.117. The van der Waals surface area contributed by atoms with E-state index >= 15 is 0 Å². The number of rotatable bonds is 4. The van der Waals surface area contributed by atoms with Gasteiger partial charge < -0.3 is 20.4 Å². The SMILES string of the molecule is O=C(O)[C@H]1NCCN(C(=O)c2ccc(-c3ccccc3Br)cc2)[C@H]1C(=O)O. The summed E-state index contributed by atoms with van der Waals surface area (Å²) in [6, 6.07) is 11.6. The molecule has 1 heterocycles. The van der Waals surface area contributed by atoms with Gasteiger partial charge in [-0.2, -0.15) is 0 Å². The first-order valence-electron chi connectivity index (χ1n) is 8.25. The monoisotopic (exact) mass is 432 g/mol. The number of nitrogens with one attached hydrogen (secondary N) is 1. The smallest absolute Gasteiger partial charge is 0.328 e. The molecule has 2 aromatic carbocycles. The van der Waals surface area contributed by atoms with E-state index < -0.39 is 29.9 Å². The van der Waals surface area contributed by atoms with Gasteiger partial charge in [0.2, 0.25) is 0 Å². The van der Waals surface area contributed by atoms with E-state index in [1.54, 1.807) is 24.3 Å². The Balaban J connectivity index is 1.87. The molecule has 0 unspecified atom stereocenters. The highest BCUT2D eigenvalue weighted by atomic mass is 79.9. The molecule has 1 fully saturated rings. The lowest BCUT2D eigenvalue weighted by molar-refractivity contribution is -0.152. The van der Waals surface area contributed by atoms with Gasteiger partial charge >= 0.3 is 11.9 Å². The lowest BCUT2D eigenvalue weighted by Gasteiger charge is -2.37. The zero-order valence-corrected chi connectivity index (χ0v) is 15.7. The predicted octanol–water partition coefficient (Wildman–Crippen LogP) is 2.07. The van der Waals surface area contributed by atoms with Crippen molar-refractivity contribution in [1.82, 2.24) is 10.2 Å². The van der Waals surface area contributed by atoms with Crippen LogP contribution < -0.4 is 5.32 Å². The highest BCUT2D eigenvalue weighted by molar-refractivity contribution is 9.10. The first-order valence-corrected chi connectivity index (χ1v) is 9.04. The molecule has 0 aliphatic carbocycles. The van der Waals surface area contributed by atoms with Gasteiger partial charge in [-0.05, 0) is 29.3 Å². The van der Waals surface area contributed by atoms with E-state index in [1.165, 1.54) is 0 Å². The number of aliphatic carboxylic acids is 2. The lowest BCUT2D eigenvalue weighted by Crippen LogP contribution is -2.65. The Morgan fingerprint density at radius 3 is 2.26 bits per heavy atom. The highest BCUT2D eigenvalue weighted by Gasteiger charge is 2.43. The standard InChI is InChI=1S/C19H17BrN2O5/c20-14-4-2-1-3-13(14)11-5-7-12(8-6-11)17(23)22-10-9-21-15(18(24)25)16(22)19(26)27/h1-8,15-16,21H,9-10H2,(H,24,25)(H,26,27)/t15-,16+/m0/s1. The predicted molar refractivity (Wildman–Crippen MR) is 101 cm³/mol. The van der Waals surface area contributed by atoms with Crippen molar-refractivity contribution in [2.45, 2.75) is 12.1 Å². The van der Waals surface area contributed by atoms with Crippen molar-refractivity contribution >= 4 is 33.8 Å². The van der Waals surface area contributed by atoms with Gasteiger partial charge in [0.15, 0.2) is 6.04 Å². The molecule has 0 radical (unpaired) electrons. The Hall–Kier alpha value is -2.71. The summed E-state index contributed by atoms with van der Waals surface area (Å²) < 4.78 is 0.918. The van der Waals surface area contributed by atoms with Gasteiger partial charge in [-0.25, -0.2) is 4.79 Å². The van der Waals surface area contributed by atoms with Gasteiger partial charge in [0, 0.05) is 23.1 Å². The number of amides is 1. The van der Waals surface area contributed by atoms with Gasteiger partial charge in [0.1, 0.15) is 6.04 Å². The van der Waals surface area contributed by atoms with Gasteiger partial charge in [-0.3, -0.25) is 9.59 Å². The van der Waals surface area contributed by atoms with E-state index in [1.807, 2.05) is 24.3 Å². The molecular formula is C19H17BrN2O5. The van der Waals surface area contributed by atoms with Gasteiger partial charge in [-0.1, -0.05) is 46.3 Å². The van der Waals surface area contributed by atoms with Crippen LogP contribution in [0.25, 0.3) is 11.1 Å². The summed E-state index contributed by atoms with van der Waals surface area (Å²) in [6.07, 6.45) is 0. The Morgan fingerprint density at radius 2 is 1.67 bits per heavy atom. The van der Waals surface area contributed by atoms with Crippen LogP contribution in [0.5, 0.6) is 0 Å². The molecule has 1 aliphatic rings. The van der Waals surface area contributed by atoms with Crippen molar-refractivity contribution in [2.24, 2.45) is 0 Å². The van der Waals surface area contributed by atoms with Crippen LogP contribution in [0.3, 0.4) is 0 Å². The lowest BCUT2D eigenvalue weighted by atomic mass is 10.0. The summed E-state index contributed by atoms with van der Waals surface area (Å²) in [4.78, 5) is 36.9. The molecule has 0 aromatic heterocycles. The molecule has 1 saturated heterocycles. The maximum Gasteiger partial charge on any atom is 0.328 e. The van der Waals surface area contributed by atoms with Crippen LogP contribution in [0.15, 0.2) is 53.0 Å². The number of piperazine rings is 1. The summed E-state index contributed by atoms with van der Waals surface area (Å²) in [5.41, 5.74) is 2.17. The van der Waals surface area contributed by atoms with Crippen molar-refractivity contribution in [3.05, 3.63) is 58.6 Å². The molecule has 0 spiro atoms. The molecule has 3 rings (SSSR count). The van der Waals surface area contributed by atoms with E-state index in [0.717, 1.165) is 20.5 Å². The second-order valence-electron chi connectivity index (χ2n) is 6.11. The van der Waals surface area contributed by atoms with Crippen LogP contribution in [-0.4, -0.2) is 58.1 Å². The second-order valence-corrected chi connectivity index (χ2v) is 6.96. The fourth-order valence-electron chi connectivity index (χ4n) is 3.15. The third kappa shape index (κ3) is 3.86. The molecule has 27 heavy (non-hydrogen) atoms. The molecule has 2 aromatic rings. The minimum Gasteiger partial charge on any atom is -0.480 e. The van der Waals surface area contributed by atoms with E-state index in [9.17, 15) is 24.6 Å². The van der Waals surface area contributed by atoms with Crippen molar-refractivity contribution in [3.63, 3.8) is 0 Å². The summed E-state index contributed by atoms with van der Waals surface area (Å²) in [6.45, 7) is 0.326. The van der Waals surface area contributed by atoms with Gasteiger partial charge in [0.25, 0.3) is 5.91 Å². The molecule has 140 valence electrons. The summed E-state index contributed by atoms with van der Waals surface area (Å²) >= 11 is 3.48. The molecule has 7 nitrogen and oxygen atoms in total. The molecule has 8 heteroatoms. The molecule has 0 saturated carbocycles. The molecule has 1 aliphatic heterocycles. The number of hydrogen-bond donors (Lipinski definition) is 3. The number of carboxylic acids is 2. The van der Waals surface area contributed by atoms with Crippen molar-refractivity contribution < 1.29 is 24.6 Å². The second kappa shape index (κ2) is 7.89. The van der Waals surface area contributed by atoms with Crippen LogP contribution >= 0.6 is 15.9 Å². The molecule has 3 N–H and O–H groups in total. The molecular weight excluding hydrogens is 416 g/mol. The van der Waals surface area contributed by atoms with Crippen LogP contribution in [0, 0.1) is 0 Å². The van der Waals surface area contributed by atoms with Gasteiger partial charge in [-0.15, -0.1) is 0 Å².